The number of methoxy groups -OCH3 is 1. The molecule has 0 spiro atoms. The van der Waals surface area contributed by atoms with Gasteiger partial charge >= 0.3 is 0 Å². The van der Waals surface area contributed by atoms with E-state index in [2.05, 4.69) is 17.9 Å². The molecule has 1 saturated carbocycles. The van der Waals surface area contributed by atoms with E-state index in [0.29, 0.717) is 19.0 Å². The predicted octanol–water partition coefficient (Wildman–Crippen LogP) is 3.77. The fourth-order valence-corrected chi connectivity index (χ4v) is 3.63. The van der Waals surface area contributed by atoms with E-state index in [9.17, 15) is 4.79 Å². The van der Waals surface area contributed by atoms with Crippen molar-refractivity contribution in [2.24, 2.45) is 5.92 Å². The molecular weight excluding hydrogens is 340 g/mol. The maximum Gasteiger partial charge on any atom is 0.246 e. The summed E-state index contributed by atoms with van der Waals surface area (Å²) in [6, 6.07) is 12.0. The summed E-state index contributed by atoms with van der Waals surface area (Å²) in [6.45, 7) is 5.29. The Bertz CT molecular complexity index is 834. The van der Waals surface area contributed by atoms with Crippen LogP contribution < -0.4 is 9.64 Å². The summed E-state index contributed by atoms with van der Waals surface area (Å²) in [7, 11) is 1.68. The van der Waals surface area contributed by atoms with Gasteiger partial charge in [0.25, 0.3) is 0 Å². The largest absolute Gasteiger partial charge is 0.497 e. The van der Waals surface area contributed by atoms with Crippen LogP contribution in [0.15, 0.2) is 46.9 Å². The number of hydrogen-bond donors (Lipinski definition) is 0. The minimum atomic E-state index is 0.0398. The molecule has 2 fully saturated rings. The summed E-state index contributed by atoms with van der Waals surface area (Å²) < 4.78 is 11.1. The van der Waals surface area contributed by atoms with Crippen LogP contribution in [-0.4, -0.2) is 44.1 Å². The highest BCUT2D eigenvalue weighted by Gasteiger charge is 2.36. The Kier molecular flexibility index (Phi) is 4.92. The summed E-state index contributed by atoms with van der Waals surface area (Å²) in [6.07, 6.45) is 4.61. The average Bonchev–Trinajstić information content (AvgIpc) is 3.26. The highest BCUT2D eigenvalue weighted by molar-refractivity contribution is 5.91. The zero-order valence-electron chi connectivity index (χ0n) is 15.9. The number of nitrogens with zero attached hydrogens (tertiary/aromatic N) is 2. The van der Waals surface area contributed by atoms with Crippen LogP contribution in [-0.2, 0) is 4.79 Å². The minimum absolute atomic E-state index is 0.0398. The van der Waals surface area contributed by atoms with Crippen LogP contribution in [0.2, 0.25) is 0 Å². The molecular formula is C22H26N2O3. The Labute approximate surface area is 160 Å². The van der Waals surface area contributed by atoms with Gasteiger partial charge in [0.2, 0.25) is 5.91 Å². The van der Waals surface area contributed by atoms with Gasteiger partial charge in [-0.1, -0.05) is 13.0 Å². The van der Waals surface area contributed by atoms with Gasteiger partial charge in [0.15, 0.2) is 0 Å². The molecule has 0 unspecified atom stereocenters. The van der Waals surface area contributed by atoms with Crippen LogP contribution in [0.5, 0.6) is 5.75 Å². The third-order valence-corrected chi connectivity index (χ3v) is 5.52. The summed E-state index contributed by atoms with van der Waals surface area (Å²) in [4.78, 5) is 16.7. The quantitative estimate of drug-likeness (QED) is 0.756. The second kappa shape index (κ2) is 7.51. The summed E-state index contributed by atoms with van der Waals surface area (Å²) >= 11 is 0. The molecule has 1 aromatic heterocycles. The normalized spacial score (nSPS) is 22.3. The SMILES string of the molecule is COc1cccc(N2CCN(C(=O)/C=C/c3ccc([C@@H]4C[C@@H]4C)o3)CC2)c1. The van der Waals surface area contributed by atoms with Crippen LogP contribution >= 0.6 is 0 Å². The van der Waals surface area contributed by atoms with Gasteiger partial charge < -0.3 is 19.0 Å². The van der Waals surface area contributed by atoms with Gasteiger partial charge in [-0.3, -0.25) is 4.79 Å². The number of rotatable bonds is 5. The first-order chi connectivity index (χ1) is 13.1. The van der Waals surface area contributed by atoms with E-state index in [4.69, 9.17) is 9.15 Å². The number of furan rings is 1. The first kappa shape index (κ1) is 17.7. The van der Waals surface area contributed by atoms with Crippen molar-refractivity contribution in [3.63, 3.8) is 0 Å². The number of piperazine rings is 1. The number of ether oxygens (including phenoxy) is 1. The summed E-state index contributed by atoms with van der Waals surface area (Å²) in [5.41, 5.74) is 1.13. The van der Waals surface area contributed by atoms with Crippen molar-refractivity contribution < 1.29 is 13.9 Å². The van der Waals surface area contributed by atoms with E-state index < -0.39 is 0 Å². The van der Waals surface area contributed by atoms with Gasteiger partial charge in [-0.05, 0) is 42.7 Å². The molecule has 1 saturated heterocycles. The first-order valence-electron chi connectivity index (χ1n) is 9.60. The number of carbonyl (C=O) groups is 1. The number of carbonyl (C=O) groups excluding carboxylic acids is 1. The van der Waals surface area contributed by atoms with E-state index in [1.807, 2.05) is 35.2 Å². The number of hydrogen-bond acceptors (Lipinski definition) is 4. The lowest BCUT2D eigenvalue weighted by Gasteiger charge is -2.35. The molecule has 27 heavy (non-hydrogen) atoms. The molecule has 0 bridgehead atoms. The van der Waals surface area contributed by atoms with Crippen LogP contribution in [0.25, 0.3) is 6.08 Å². The van der Waals surface area contributed by atoms with Crippen molar-refractivity contribution in [3.05, 3.63) is 54.0 Å². The highest BCUT2D eigenvalue weighted by atomic mass is 16.5. The smallest absolute Gasteiger partial charge is 0.246 e. The molecule has 142 valence electrons. The molecule has 5 nitrogen and oxygen atoms in total. The van der Waals surface area contributed by atoms with Crippen molar-refractivity contribution in [1.29, 1.82) is 0 Å². The van der Waals surface area contributed by atoms with Crippen LogP contribution in [0.4, 0.5) is 5.69 Å². The molecule has 0 radical (unpaired) electrons. The van der Waals surface area contributed by atoms with E-state index >= 15 is 0 Å². The number of anilines is 1. The minimum Gasteiger partial charge on any atom is -0.497 e. The van der Waals surface area contributed by atoms with Crippen molar-refractivity contribution in [3.8, 4) is 5.75 Å². The lowest BCUT2D eigenvalue weighted by Crippen LogP contribution is -2.48. The van der Waals surface area contributed by atoms with E-state index in [-0.39, 0.29) is 5.91 Å². The monoisotopic (exact) mass is 366 g/mol. The van der Waals surface area contributed by atoms with Crippen molar-refractivity contribution in [1.82, 2.24) is 4.90 Å². The summed E-state index contributed by atoms with van der Waals surface area (Å²) in [5.74, 6) is 3.97. The van der Waals surface area contributed by atoms with E-state index in [1.54, 1.807) is 19.3 Å². The zero-order valence-corrected chi connectivity index (χ0v) is 15.9. The molecule has 0 N–H and O–H groups in total. The van der Waals surface area contributed by atoms with Crippen LogP contribution in [0, 0.1) is 5.92 Å². The van der Waals surface area contributed by atoms with Crippen molar-refractivity contribution in [2.45, 2.75) is 19.3 Å². The van der Waals surface area contributed by atoms with Gasteiger partial charge in [0, 0.05) is 49.9 Å². The topological polar surface area (TPSA) is 45.9 Å². The maximum atomic E-state index is 12.5. The number of amides is 1. The zero-order chi connectivity index (χ0) is 18.8. The molecule has 2 heterocycles. The average molecular weight is 366 g/mol. The molecule has 2 atom stereocenters. The molecule has 5 heteroatoms. The van der Waals surface area contributed by atoms with Gasteiger partial charge in [0.1, 0.15) is 17.3 Å². The third kappa shape index (κ3) is 4.02. The Balaban J connectivity index is 1.31. The molecule has 2 aliphatic rings. The lowest BCUT2D eigenvalue weighted by molar-refractivity contribution is -0.126. The fourth-order valence-electron chi connectivity index (χ4n) is 3.63. The Morgan fingerprint density at radius 1 is 1.19 bits per heavy atom. The Morgan fingerprint density at radius 3 is 2.67 bits per heavy atom. The second-order valence-corrected chi connectivity index (χ2v) is 7.41. The van der Waals surface area contributed by atoms with Gasteiger partial charge in [0.05, 0.1) is 7.11 Å². The standard InChI is InChI=1S/C22H26N2O3/c1-16-14-20(16)21-8-6-18(27-21)7-9-22(25)24-12-10-23(11-13-24)17-4-3-5-19(15-17)26-2/h3-9,15-16,20H,10-14H2,1-2H3/b9-7+/t16-,20+/m0/s1. The molecule has 4 rings (SSSR count). The van der Waals surface area contributed by atoms with Crippen molar-refractivity contribution >= 4 is 17.7 Å². The lowest BCUT2D eigenvalue weighted by atomic mass is 10.2. The van der Waals surface area contributed by atoms with Crippen LogP contribution in [0.1, 0.15) is 30.8 Å². The highest BCUT2D eigenvalue weighted by Crippen LogP contribution is 2.47. The predicted molar refractivity (Wildman–Crippen MR) is 106 cm³/mol. The fraction of sp³-hybridized carbons (Fsp3) is 0.409. The molecule has 2 aromatic rings. The van der Waals surface area contributed by atoms with Crippen molar-refractivity contribution in [2.75, 3.05) is 38.2 Å². The van der Waals surface area contributed by atoms with E-state index in [1.165, 1.54) is 6.42 Å². The first-order valence-corrected chi connectivity index (χ1v) is 9.60. The van der Waals surface area contributed by atoms with Gasteiger partial charge in [-0.2, -0.15) is 0 Å². The van der Waals surface area contributed by atoms with Crippen LogP contribution in [0.3, 0.4) is 0 Å². The second-order valence-electron chi connectivity index (χ2n) is 7.41. The Hall–Kier alpha value is -2.69. The maximum absolute atomic E-state index is 12.5. The third-order valence-electron chi connectivity index (χ3n) is 5.52. The molecule has 1 aromatic carbocycles. The van der Waals surface area contributed by atoms with E-state index in [0.717, 1.165) is 42.0 Å². The number of benzene rings is 1. The molecule has 1 aliphatic heterocycles. The molecule has 1 amide bonds. The van der Waals surface area contributed by atoms with Gasteiger partial charge in [-0.25, -0.2) is 0 Å². The Morgan fingerprint density at radius 2 is 1.96 bits per heavy atom. The molecule has 1 aliphatic carbocycles. The summed E-state index contributed by atoms with van der Waals surface area (Å²) in [5, 5.41) is 0. The van der Waals surface area contributed by atoms with Gasteiger partial charge in [-0.15, -0.1) is 0 Å².